The molecular formula is C21H23ClN2O3S. The minimum absolute atomic E-state index is 0.0534. The van der Waals surface area contributed by atoms with Crippen molar-refractivity contribution in [2.45, 2.75) is 43.0 Å². The molecule has 148 valence electrons. The third-order valence-corrected chi connectivity index (χ3v) is 7.47. The SMILES string of the molecule is O=C(c1cccc(S(=O)(=O)Nc2ccccc2Cl)c1)N1CCC2CCCCC21. The summed E-state index contributed by atoms with van der Waals surface area (Å²) in [5.41, 5.74) is 0.721. The Balaban J connectivity index is 1.57. The highest BCUT2D eigenvalue weighted by molar-refractivity contribution is 7.92. The molecule has 2 atom stereocenters. The lowest BCUT2D eigenvalue weighted by Gasteiger charge is -2.31. The van der Waals surface area contributed by atoms with Crippen LogP contribution in [-0.2, 0) is 10.0 Å². The standard InChI is InChI=1S/C21H23ClN2O3S/c22-18-9-2-3-10-19(18)23-28(26,27)17-8-5-7-16(14-17)21(25)24-13-12-15-6-1-4-11-20(15)24/h2-3,5,7-10,14-15,20,23H,1,4,6,11-13H2. The van der Waals surface area contributed by atoms with Gasteiger partial charge in [-0.15, -0.1) is 0 Å². The van der Waals surface area contributed by atoms with Crippen molar-refractivity contribution < 1.29 is 13.2 Å². The number of fused-ring (bicyclic) bond motifs is 1. The van der Waals surface area contributed by atoms with Crippen molar-refractivity contribution in [2.24, 2.45) is 5.92 Å². The van der Waals surface area contributed by atoms with E-state index in [4.69, 9.17) is 11.6 Å². The minimum Gasteiger partial charge on any atom is -0.335 e. The van der Waals surface area contributed by atoms with Crippen LogP contribution in [0.25, 0.3) is 0 Å². The van der Waals surface area contributed by atoms with Gasteiger partial charge in [0.25, 0.3) is 15.9 Å². The fraction of sp³-hybridized carbons (Fsp3) is 0.381. The van der Waals surface area contributed by atoms with E-state index >= 15 is 0 Å². The number of likely N-dealkylation sites (tertiary alicyclic amines) is 1. The highest BCUT2D eigenvalue weighted by Gasteiger charge is 2.38. The normalized spacial score (nSPS) is 22.0. The van der Waals surface area contributed by atoms with Gasteiger partial charge in [-0.2, -0.15) is 0 Å². The Labute approximate surface area is 170 Å². The van der Waals surface area contributed by atoms with Crippen LogP contribution in [0.5, 0.6) is 0 Å². The Bertz CT molecular complexity index is 993. The van der Waals surface area contributed by atoms with E-state index in [2.05, 4.69) is 4.72 Å². The van der Waals surface area contributed by atoms with Gasteiger partial charge in [0.1, 0.15) is 0 Å². The molecule has 1 heterocycles. The van der Waals surface area contributed by atoms with E-state index in [0.717, 1.165) is 25.8 Å². The molecule has 1 N–H and O–H groups in total. The maximum atomic E-state index is 13.1. The number of sulfonamides is 1. The molecule has 0 bridgehead atoms. The summed E-state index contributed by atoms with van der Waals surface area (Å²) in [6.45, 7) is 0.753. The van der Waals surface area contributed by atoms with Crippen LogP contribution in [-0.4, -0.2) is 31.8 Å². The van der Waals surface area contributed by atoms with Gasteiger partial charge in [-0.3, -0.25) is 9.52 Å². The molecule has 2 aromatic rings. The Kier molecular flexibility index (Phi) is 5.34. The number of carbonyl (C=O) groups is 1. The summed E-state index contributed by atoms with van der Waals surface area (Å²) in [5.74, 6) is 0.510. The number of carbonyl (C=O) groups excluding carboxylic acids is 1. The van der Waals surface area contributed by atoms with E-state index in [0.29, 0.717) is 28.2 Å². The predicted molar refractivity (Wildman–Crippen MR) is 110 cm³/mol. The molecule has 2 unspecified atom stereocenters. The van der Waals surface area contributed by atoms with Crippen LogP contribution in [0.15, 0.2) is 53.4 Å². The first-order valence-electron chi connectivity index (χ1n) is 9.64. The van der Waals surface area contributed by atoms with Crippen molar-refractivity contribution in [1.29, 1.82) is 0 Å². The number of hydrogen-bond donors (Lipinski definition) is 1. The van der Waals surface area contributed by atoms with Crippen molar-refractivity contribution in [3.8, 4) is 0 Å². The summed E-state index contributed by atoms with van der Waals surface area (Å²) in [6, 6.07) is 13.2. The first-order chi connectivity index (χ1) is 13.5. The highest BCUT2D eigenvalue weighted by atomic mass is 35.5. The molecule has 1 amide bonds. The molecule has 28 heavy (non-hydrogen) atoms. The van der Waals surface area contributed by atoms with Crippen LogP contribution in [0.1, 0.15) is 42.5 Å². The van der Waals surface area contributed by atoms with E-state index in [1.807, 2.05) is 4.90 Å². The van der Waals surface area contributed by atoms with Gasteiger partial charge in [-0.05, 0) is 55.5 Å². The predicted octanol–water partition coefficient (Wildman–Crippen LogP) is 4.55. The van der Waals surface area contributed by atoms with Crippen molar-refractivity contribution in [1.82, 2.24) is 4.90 Å². The van der Waals surface area contributed by atoms with Gasteiger partial charge < -0.3 is 4.90 Å². The number of benzene rings is 2. The first kappa shape index (κ1) is 19.3. The maximum absolute atomic E-state index is 13.1. The molecule has 0 spiro atoms. The molecule has 2 fully saturated rings. The number of amides is 1. The number of hydrogen-bond acceptors (Lipinski definition) is 3. The average Bonchev–Trinajstić information content (AvgIpc) is 3.13. The number of anilines is 1. The van der Waals surface area contributed by atoms with Crippen LogP contribution in [0.4, 0.5) is 5.69 Å². The zero-order chi connectivity index (χ0) is 19.7. The maximum Gasteiger partial charge on any atom is 0.261 e. The lowest BCUT2D eigenvalue weighted by molar-refractivity contribution is 0.0690. The number of nitrogens with one attached hydrogen (secondary N) is 1. The number of halogens is 1. The van der Waals surface area contributed by atoms with Crippen LogP contribution < -0.4 is 4.72 Å². The first-order valence-corrected chi connectivity index (χ1v) is 11.5. The number of nitrogens with zero attached hydrogens (tertiary/aromatic N) is 1. The molecule has 1 aliphatic carbocycles. The molecule has 1 saturated heterocycles. The van der Waals surface area contributed by atoms with Crippen molar-refractivity contribution in [2.75, 3.05) is 11.3 Å². The van der Waals surface area contributed by atoms with E-state index in [9.17, 15) is 13.2 Å². The van der Waals surface area contributed by atoms with Gasteiger partial charge in [0.15, 0.2) is 0 Å². The fourth-order valence-corrected chi connectivity index (χ4v) is 5.73. The van der Waals surface area contributed by atoms with Gasteiger partial charge in [-0.1, -0.05) is 42.6 Å². The molecule has 1 saturated carbocycles. The molecule has 0 radical (unpaired) electrons. The summed E-state index contributed by atoms with van der Waals surface area (Å²) < 4.78 is 28.1. The number of para-hydroxylation sites is 1. The summed E-state index contributed by atoms with van der Waals surface area (Å²) >= 11 is 6.06. The van der Waals surface area contributed by atoms with Crippen LogP contribution in [0.3, 0.4) is 0 Å². The van der Waals surface area contributed by atoms with Crippen molar-refractivity contribution in [3.63, 3.8) is 0 Å². The molecule has 0 aromatic heterocycles. The van der Waals surface area contributed by atoms with Gasteiger partial charge in [0.2, 0.25) is 0 Å². The third-order valence-electron chi connectivity index (χ3n) is 5.78. The quantitative estimate of drug-likeness (QED) is 0.792. The molecule has 1 aliphatic heterocycles. The van der Waals surface area contributed by atoms with Crippen LogP contribution >= 0.6 is 11.6 Å². The molecule has 4 rings (SSSR count). The van der Waals surface area contributed by atoms with Gasteiger partial charge in [-0.25, -0.2) is 8.42 Å². The monoisotopic (exact) mass is 418 g/mol. The molecular weight excluding hydrogens is 396 g/mol. The molecule has 2 aromatic carbocycles. The van der Waals surface area contributed by atoms with Crippen molar-refractivity contribution >= 4 is 33.2 Å². The van der Waals surface area contributed by atoms with E-state index < -0.39 is 10.0 Å². The topological polar surface area (TPSA) is 66.5 Å². The summed E-state index contributed by atoms with van der Waals surface area (Å²) in [6.07, 6.45) is 5.67. The second kappa shape index (κ2) is 7.76. The Morgan fingerprint density at radius 3 is 2.64 bits per heavy atom. The Morgan fingerprint density at radius 1 is 1.04 bits per heavy atom. The lowest BCUT2D eigenvalue weighted by Crippen LogP contribution is -2.39. The Hall–Kier alpha value is -2.05. The summed E-state index contributed by atoms with van der Waals surface area (Å²) in [7, 11) is -3.84. The fourth-order valence-electron chi connectivity index (χ4n) is 4.37. The van der Waals surface area contributed by atoms with E-state index in [-0.39, 0.29) is 10.8 Å². The number of rotatable bonds is 4. The van der Waals surface area contributed by atoms with Gasteiger partial charge >= 0.3 is 0 Å². The highest BCUT2D eigenvalue weighted by Crippen LogP contribution is 2.37. The van der Waals surface area contributed by atoms with Gasteiger partial charge in [0, 0.05) is 18.2 Å². The zero-order valence-corrected chi connectivity index (χ0v) is 17.0. The second-order valence-corrected chi connectivity index (χ2v) is 9.60. The minimum atomic E-state index is -3.84. The molecule has 7 heteroatoms. The Morgan fingerprint density at radius 2 is 1.82 bits per heavy atom. The third kappa shape index (κ3) is 3.76. The summed E-state index contributed by atoms with van der Waals surface area (Å²) in [5, 5.41) is 0.318. The van der Waals surface area contributed by atoms with Crippen LogP contribution in [0.2, 0.25) is 5.02 Å². The zero-order valence-electron chi connectivity index (χ0n) is 15.5. The lowest BCUT2D eigenvalue weighted by atomic mass is 9.85. The van der Waals surface area contributed by atoms with Crippen molar-refractivity contribution in [3.05, 3.63) is 59.1 Å². The largest absolute Gasteiger partial charge is 0.335 e. The smallest absolute Gasteiger partial charge is 0.261 e. The van der Waals surface area contributed by atoms with Crippen LogP contribution in [0, 0.1) is 5.92 Å². The van der Waals surface area contributed by atoms with Gasteiger partial charge in [0.05, 0.1) is 15.6 Å². The molecule has 2 aliphatic rings. The summed E-state index contributed by atoms with van der Waals surface area (Å²) in [4.78, 5) is 15.1. The molecule has 5 nitrogen and oxygen atoms in total. The average molecular weight is 419 g/mol. The van der Waals surface area contributed by atoms with E-state index in [1.54, 1.807) is 36.4 Å². The second-order valence-electron chi connectivity index (χ2n) is 7.51. The van der Waals surface area contributed by atoms with E-state index in [1.165, 1.54) is 25.0 Å².